The van der Waals surface area contributed by atoms with Crippen LogP contribution in [0.1, 0.15) is 110 Å². The molecule has 2 fully saturated rings. The number of nitrogens with two attached hydrogens (primary N) is 4. The van der Waals surface area contributed by atoms with E-state index in [1.54, 1.807) is 135 Å². The molecule has 0 saturated carbocycles. The second-order valence-electron chi connectivity index (χ2n) is 29.5. The SMILES string of the molecule is CC#N.CC(C)OC(=O)[C@H](C)N.CCN(C(C)C)C(C)C.C[C@H](Cn1cnc2c(N)ncnc21)OCP(=O)(O)O.C[C@H](Cn1cnc2c(N)ncnc21)OCP(=O)(O)Oc1ccccc1.C[C@H](Cn1cnc2c(N)ncnc21)OCP(=O)(O)Oc1ccccc1.C[Si](C)(C)Oc1ccccc1.ClCCl.II.O=C(O)/C=C/C(=O)O.O=COO.O=S(Cl)Cl.O=S(Cl)Cl.O=S1(=O)CCCC1.O=S1(=O)CCCC1.[H-].[K+]. The topological polar surface area (TPSA) is 699 Å². The number of nitrogen functional groups attached to an aromatic ring is 3. The number of carboxylic acids is 2. The normalized spacial score (nSPS) is 13.9. The van der Waals surface area contributed by atoms with E-state index in [0.29, 0.717) is 124 Å². The monoisotopic (exact) mass is 2510 g/mol. The Labute approximate surface area is 921 Å². The molecule has 2 aliphatic heterocycles. The number of fused-ring (bicyclic) bond motifs is 3. The molecule has 0 bridgehead atoms. The molecule has 2 aliphatic rings. The quantitative estimate of drug-likeness (QED) is 0.00198. The number of nitriles is 1. The van der Waals surface area contributed by atoms with Crippen LogP contribution in [0.2, 0.25) is 19.6 Å². The Morgan fingerprint density at radius 2 is 0.823 bits per heavy atom. The molecular formula is C78H124Cl6I2KN18O28P3S4Si. The number of nitrogens with zero attached hydrogens (tertiary/aromatic N) is 14. The van der Waals surface area contributed by atoms with E-state index in [-0.39, 0.29) is 94.7 Å². The third-order valence-electron chi connectivity index (χ3n) is 15.5. The van der Waals surface area contributed by atoms with Crippen molar-refractivity contribution in [2.24, 2.45) is 5.73 Å². The first-order chi connectivity index (χ1) is 65.2. The van der Waals surface area contributed by atoms with Crippen LogP contribution < -0.4 is 87.8 Å². The van der Waals surface area contributed by atoms with Gasteiger partial charge in [-0.2, -0.15) is 5.26 Å². The molecule has 6 atom stereocenters. The Kier molecular flexibility index (Phi) is 82.6. The van der Waals surface area contributed by atoms with E-state index in [9.17, 15) is 54.7 Å². The Balaban J connectivity index is -0.000000369. The number of hydrogen-bond donors (Lipinski definition) is 11. The second-order valence-corrected chi connectivity index (χ2v) is 49.4. The van der Waals surface area contributed by atoms with Crippen LogP contribution in [-0.4, -0.2) is 253 Å². The summed E-state index contributed by atoms with van der Waals surface area (Å²) < 4.78 is 137. The van der Waals surface area contributed by atoms with Gasteiger partial charge in [-0.25, -0.2) is 94.1 Å². The van der Waals surface area contributed by atoms with E-state index >= 15 is 0 Å². The van der Waals surface area contributed by atoms with E-state index in [2.05, 4.69) is 189 Å². The third-order valence-corrected chi connectivity index (χ3v) is 22.4. The number of ether oxygens (including phenoxy) is 4. The zero-order valence-corrected chi connectivity index (χ0v) is 98.9. The predicted molar refractivity (Wildman–Crippen MR) is 566 cm³/mol. The molecule has 11 rings (SSSR count). The molecular weight excluding hydrogens is 2390 g/mol. The van der Waals surface area contributed by atoms with Gasteiger partial charge in [0.25, 0.3) is 0 Å². The Morgan fingerprint density at radius 1 is 0.560 bits per heavy atom. The van der Waals surface area contributed by atoms with Crippen molar-refractivity contribution < 1.29 is 183 Å². The van der Waals surface area contributed by atoms with Crippen molar-refractivity contribution in [3.8, 4) is 23.3 Å². The van der Waals surface area contributed by atoms with E-state index < -0.39 is 112 Å². The second kappa shape index (κ2) is 80.8. The molecule has 8 heterocycles. The zero-order valence-electron chi connectivity index (χ0n) is 81.0. The number of esters is 1. The summed E-state index contributed by atoms with van der Waals surface area (Å²) in [6.07, 6.45) is 10.7. The number of halogens is 8. The van der Waals surface area contributed by atoms with E-state index in [0.717, 1.165) is 38.0 Å². The number of hydrogen-bond acceptors (Lipinski definition) is 37. The molecule has 46 nitrogen and oxygen atoms in total. The predicted octanol–water partition coefficient (Wildman–Crippen LogP) is 12.0. The van der Waals surface area contributed by atoms with Crippen LogP contribution in [0.3, 0.4) is 0 Å². The number of carboxylic acid groups (broad SMARTS) is 2. The van der Waals surface area contributed by atoms with Crippen LogP contribution in [0.4, 0.5) is 17.5 Å². The fraction of sp³-hybridized carbons (Fsp3) is 0.487. The van der Waals surface area contributed by atoms with Crippen LogP contribution in [0.15, 0.2) is 141 Å². The Hall–Kier alpha value is -5.24. The average molecular weight is 2520 g/mol. The maximum absolute atomic E-state index is 12.1. The smallest absolute Gasteiger partial charge is 1.00 e. The summed E-state index contributed by atoms with van der Waals surface area (Å²) >= 11 is 13.8. The largest absolute Gasteiger partial charge is 1.00 e. The van der Waals surface area contributed by atoms with Gasteiger partial charge < -0.3 is 105 Å². The Morgan fingerprint density at radius 3 is 1.01 bits per heavy atom. The van der Waals surface area contributed by atoms with Crippen molar-refractivity contribution in [3.05, 3.63) is 141 Å². The number of carbonyl (C=O) groups excluding carboxylic acids is 2. The molecule has 141 heavy (non-hydrogen) atoms. The van der Waals surface area contributed by atoms with Gasteiger partial charge in [-0.1, -0.05) is 61.5 Å². The average Bonchev–Trinajstić information content (AvgIpc) is 1.68. The molecule has 15 N–H and O–H groups in total. The van der Waals surface area contributed by atoms with Crippen molar-refractivity contribution in [2.75, 3.05) is 71.1 Å². The van der Waals surface area contributed by atoms with Gasteiger partial charge in [-0.05, 0) is 158 Å². The minimum absolute atomic E-state index is 0. The summed E-state index contributed by atoms with van der Waals surface area (Å²) in [7, 11) is -3.75. The minimum atomic E-state index is -4.16. The zero-order chi connectivity index (χ0) is 108. The number of aromatic nitrogens is 12. The van der Waals surface area contributed by atoms with Gasteiger partial charge in [-0.3, -0.25) is 19.1 Å². The molecule has 0 aliphatic carbocycles. The van der Waals surface area contributed by atoms with Crippen LogP contribution in [0.25, 0.3) is 33.5 Å². The maximum atomic E-state index is 12.1. The maximum Gasteiger partial charge on any atom is 1.00 e. The van der Waals surface area contributed by atoms with Gasteiger partial charge in [0.1, 0.15) is 84.8 Å². The number of imidazole rings is 3. The summed E-state index contributed by atoms with van der Waals surface area (Å²) in [6.45, 7) is 31.8. The van der Waals surface area contributed by atoms with Gasteiger partial charge in [0.2, 0.25) is 26.8 Å². The van der Waals surface area contributed by atoms with E-state index in [4.69, 9.17) is 122 Å². The number of rotatable bonds is 29. The van der Waals surface area contributed by atoms with Gasteiger partial charge in [-0.15, -0.1) is 23.2 Å². The standard InChI is InChI=1S/2C15H18N5O4P.C9H14N5O4P.C9H14OSi.C8H19N.C6H13NO2.C4H4O4.2C4H8O2S.C2H3N.CH2Cl2.CH2O3.2Cl2OS.I2.K.H/c2*1-11(7-20-9-19-13-14(16)17-8-18-15(13)20)23-10-25(21,22)24-12-5-3-2-4-6-12;1-6(18-5-19(15,16)17)2-14-4-13-7-8(10)11-3-12-9(7)14;1-11(2,3)10-9-7-5-4-6-8-9;1-6-9(7(2)3)8(4)5;1-4(2)9-6(8)5(3)7;5-3(6)1-2-4(7)8;2*5-7(6)3-1-2-4-7;1-2-3;2-1-3;2-1-4-3;2*1-4(2)3;1-2;;/h2*2-6,8-9,11H,7,10H2,1H3,(H,21,22)(H2,16,17,18);3-4,6H,2,5H2,1H3,(H2,10,11,12)(H2,15,16,17);4-8H,1-3H3;7-8H,6H2,1-5H3;4-5H,7H2,1-3H3;1-2H,(H,5,6)(H,7,8);2*1-4H2;1H3;1H2;1,3H;;;;;/q;;;;;;;;;;;;;;;+1;-1/b;;;;;;2-1+;;;;;;;;;;/t2*11-;6-;;;5-;;;;;;;;;;;/m111..0.........../s1. The van der Waals surface area contributed by atoms with Crippen molar-refractivity contribution in [2.45, 2.75) is 191 Å². The molecule has 0 spiro atoms. The summed E-state index contributed by atoms with van der Waals surface area (Å²) in [5.41, 5.74) is 25.6. The molecule has 3 aromatic carbocycles. The van der Waals surface area contributed by atoms with Crippen molar-refractivity contribution >= 4 is 248 Å². The van der Waals surface area contributed by atoms with Crippen LogP contribution in [0.5, 0.6) is 17.2 Å². The fourth-order valence-corrected chi connectivity index (χ4v) is 16.4. The van der Waals surface area contributed by atoms with Crippen LogP contribution in [0, 0.1) is 11.3 Å². The molecule has 6 aromatic heterocycles. The molecule has 0 radical (unpaired) electrons. The number of para-hydroxylation sites is 3. The summed E-state index contributed by atoms with van der Waals surface area (Å²) in [4.78, 5) is 117. The molecule has 2 unspecified atom stereocenters. The first-order valence-electron chi connectivity index (χ1n) is 40.8. The van der Waals surface area contributed by atoms with Crippen LogP contribution in [-0.2, 0) is 114 Å². The summed E-state index contributed by atoms with van der Waals surface area (Å²) in [5.74, 6) is 1.35. The molecule has 63 heteroatoms. The number of anilines is 3. The van der Waals surface area contributed by atoms with Crippen molar-refractivity contribution in [1.82, 2.24) is 63.5 Å². The number of carbonyl (C=O) groups is 4. The number of sulfone groups is 2. The summed E-state index contributed by atoms with van der Waals surface area (Å²) in [5, 5.41) is 30.1. The number of aliphatic carboxylic acids is 2. The van der Waals surface area contributed by atoms with Gasteiger partial charge in [0.15, 0.2) is 47.1 Å². The number of benzene rings is 3. The first-order valence-corrected chi connectivity index (χ1v) is 66.1. The van der Waals surface area contributed by atoms with E-state index in [1.165, 1.54) is 32.2 Å². The van der Waals surface area contributed by atoms with E-state index in [1.807, 2.05) is 30.3 Å². The first kappa shape index (κ1) is 144. The molecule has 2 saturated heterocycles. The minimum Gasteiger partial charge on any atom is -1.00 e. The third kappa shape index (κ3) is 77.8. The van der Waals surface area contributed by atoms with Crippen molar-refractivity contribution in [1.29, 1.82) is 5.26 Å². The van der Waals surface area contributed by atoms with Crippen LogP contribution >= 0.6 is 126 Å². The molecule has 794 valence electrons. The van der Waals surface area contributed by atoms with Gasteiger partial charge in [0, 0.05) is 111 Å². The number of alkyl halides is 2. The van der Waals surface area contributed by atoms with Gasteiger partial charge in [0.05, 0.1) is 97.5 Å². The van der Waals surface area contributed by atoms with Crippen molar-refractivity contribution in [3.63, 3.8) is 0 Å². The van der Waals surface area contributed by atoms with Gasteiger partial charge >= 0.3 is 98.6 Å². The molecule has 9 aromatic rings. The molecule has 0 amide bonds. The fourth-order valence-electron chi connectivity index (χ4n) is 10.2. The Bertz CT molecular complexity index is 5260. The summed E-state index contributed by atoms with van der Waals surface area (Å²) in [6, 6.07) is 29.5.